The van der Waals surface area contributed by atoms with Gasteiger partial charge in [-0.2, -0.15) is 0 Å². The molecule has 1 N–H and O–H groups in total. The molecule has 4 saturated carbocycles. The van der Waals surface area contributed by atoms with Gasteiger partial charge in [-0.3, -0.25) is 4.79 Å². The molecule has 1 amide bonds. The lowest BCUT2D eigenvalue weighted by Gasteiger charge is -2.61. The van der Waals surface area contributed by atoms with Crippen molar-refractivity contribution >= 4 is 5.91 Å². The molecule has 8 atom stereocenters. The Kier molecular flexibility index (Phi) is 6.57. The summed E-state index contributed by atoms with van der Waals surface area (Å²) >= 11 is 0. The van der Waals surface area contributed by atoms with Gasteiger partial charge in [0.25, 0.3) is 0 Å². The highest BCUT2D eigenvalue weighted by molar-refractivity contribution is 5.79. The van der Waals surface area contributed by atoms with Crippen LogP contribution in [0.1, 0.15) is 85.0 Å². The fraction of sp³-hybridized carbons (Fsp3) is 0.962. The first-order valence-corrected chi connectivity index (χ1v) is 12.9. The van der Waals surface area contributed by atoms with E-state index in [-0.39, 0.29) is 11.3 Å². The maximum absolute atomic E-state index is 13.4. The summed E-state index contributed by atoms with van der Waals surface area (Å²) in [6.45, 7) is 8.88. The predicted octanol–water partition coefficient (Wildman–Crippen LogP) is 4.89. The van der Waals surface area contributed by atoms with E-state index in [1.807, 2.05) is 0 Å². The number of hydrogen-bond acceptors (Lipinski definition) is 3. The molecule has 8 unspecified atom stereocenters. The van der Waals surface area contributed by atoms with E-state index in [9.17, 15) is 9.90 Å². The molecule has 4 fully saturated rings. The van der Waals surface area contributed by atoms with Gasteiger partial charge in [0.15, 0.2) is 0 Å². The Morgan fingerprint density at radius 2 is 1.73 bits per heavy atom. The van der Waals surface area contributed by atoms with E-state index in [1.165, 1.54) is 38.5 Å². The van der Waals surface area contributed by atoms with Crippen molar-refractivity contribution in [1.29, 1.82) is 0 Å². The second-order valence-electron chi connectivity index (χ2n) is 11.4. The number of carbonyl (C=O) groups excluding carboxylic acids is 1. The molecule has 0 spiro atoms. The quantitative estimate of drug-likeness (QED) is 0.690. The number of amides is 1. The van der Waals surface area contributed by atoms with Crippen LogP contribution in [0.3, 0.4) is 0 Å². The molecular formula is C26H45NO3. The average molecular weight is 420 g/mol. The van der Waals surface area contributed by atoms with Crippen LogP contribution < -0.4 is 0 Å². The SMILES string of the molecule is CCN(CC)C(=O)C1CCCC2C3CCC4CC(O)(COC)CCC4C3CCC12C. The normalized spacial score (nSPS) is 45.8. The molecule has 0 saturated heterocycles. The lowest BCUT2D eigenvalue weighted by atomic mass is 9.44. The maximum atomic E-state index is 13.4. The van der Waals surface area contributed by atoms with E-state index in [1.54, 1.807) is 7.11 Å². The van der Waals surface area contributed by atoms with Crippen LogP contribution in [0.15, 0.2) is 0 Å². The topological polar surface area (TPSA) is 49.8 Å². The zero-order valence-corrected chi connectivity index (χ0v) is 19.9. The standard InChI is InChI=1S/C26H45NO3/c1-5-27(6-2)24(28)23-9-7-8-22-21-11-10-18-16-26(29,17-30-4)15-13-19(18)20(21)12-14-25(22,23)3/h18-23,29H,5-17H2,1-4H3. The van der Waals surface area contributed by atoms with Crippen molar-refractivity contribution in [2.24, 2.45) is 40.9 Å². The van der Waals surface area contributed by atoms with Gasteiger partial charge in [-0.1, -0.05) is 13.3 Å². The first-order valence-electron chi connectivity index (χ1n) is 12.9. The number of nitrogens with zero attached hydrogens (tertiary/aromatic N) is 1. The molecule has 0 bridgehead atoms. The van der Waals surface area contributed by atoms with Crippen LogP contribution in [0.4, 0.5) is 0 Å². The molecule has 4 nitrogen and oxygen atoms in total. The van der Waals surface area contributed by atoms with Crippen molar-refractivity contribution in [2.45, 2.75) is 90.6 Å². The summed E-state index contributed by atoms with van der Waals surface area (Å²) in [4.78, 5) is 15.5. The van der Waals surface area contributed by atoms with E-state index in [0.717, 1.165) is 62.4 Å². The van der Waals surface area contributed by atoms with Gasteiger partial charge in [0.05, 0.1) is 12.2 Å². The first kappa shape index (κ1) is 22.6. The van der Waals surface area contributed by atoms with Crippen LogP contribution in [0, 0.1) is 40.9 Å². The van der Waals surface area contributed by atoms with Crippen LogP contribution in [0.25, 0.3) is 0 Å². The van der Waals surface area contributed by atoms with Crippen LogP contribution in [-0.2, 0) is 9.53 Å². The number of methoxy groups -OCH3 is 1. The average Bonchev–Trinajstić information content (AvgIpc) is 2.73. The maximum Gasteiger partial charge on any atom is 0.226 e. The molecule has 0 heterocycles. The second-order valence-corrected chi connectivity index (χ2v) is 11.4. The van der Waals surface area contributed by atoms with Gasteiger partial charge in [0.1, 0.15) is 0 Å². The highest BCUT2D eigenvalue weighted by Crippen LogP contribution is 2.63. The number of ether oxygens (including phenoxy) is 1. The molecule has 4 heteroatoms. The van der Waals surface area contributed by atoms with Crippen LogP contribution in [0.5, 0.6) is 0 Å². The summed E-state index contributed by atoms with van der Waals surface area (Å²) in [6, 6.07) is 0. The summed E-state index contributed by atoms with van der Waals surface area (Å²) in [7, 11) is 1.71. The fourth-order valence-electron chi connectivity index (χ4n) is 8.72. The van der Waals surface area contributed by atoms with Gasteiger partial charge in [-0.15, -0.1) is 0 Å². The summed E-state index contributed by atoms with van der Waals surface area (Å²) in [5.74, 6) is 4.44. The molecule has 172 valence electrons. The summed E-state index contributed by atoms with van der Waals surface area (Å²) in [5.41, 5.74) is -0.407. The molecular weight excluding hydrogens is 374 g/mol. The highest BCUT2D eigenvalue weighted by atomic mass is 16.5. The van der Waals surface area contributed by atoms with Crippen molar-refractivity contribution in [3.8, 4) is 0 Å². The zero-order chi connectivity index (χ0) is 21.5. The summed E-state index contributed by atoms with van der Waals surface area (Å²) < 4.78 is 5.34. The first-order chi connectivity index (χ1) is 14.4. The van der Waals surface area contributed by atoms with Gasteiger partial charge in [0, 0.05) is 26.1 Å². The zero-order valence-electron chi connectivity index (χ0n) is 19.9. The smallest absolute Gasteiger partial charge is 0.226 e. The van der Waals surface area contributed by atoms with Crippen molar-refractivity contribution in [3.63, 3.8) is 0 Å². The Balaban J connectivity index is 1.51. The Labute approximate surface area is 184 Å². The van der Waals surface area contributed by atoms with Crippen LogP contribution in [0.2, 0.25) is 0 Å². The Morgan fingerprint density at radius 3 is 2.43 bits per heavy atom. The van der Waals surface area contributed by atoms with Gasteiger partial charge in [-0.05, 0) is 107 Å². The fourth-order valence-corrected chi connectivity index (χ4v) is 8.72. The Morgan fingerprint density at radius 1 is 1.00 bits per heavy atom. The molecule has 0 aromatic heterocycles. The van der Waals surface area contributed by atoms with E-state index in [4.69, 9.17) is 4.74 Å². The van der Waals surface area contributed by atoms with Crippen molar-refractivity contribution < 1.29 is 14.6 Å². The van der Waals surface area contributed by atoms with Crippen molar-refractivity contribution in [3.05, 3.63) is 0 Å². The highest BCUT2D eigenvalue weighted by Gasteiger charge is 2.57. The van der Waals surface area contributed by atoms with E-state index in [2.05, 4.69) is 25.7 Å². The van der Waals surface area contributed by atoms with Crippen molar-refractivity contribution in [2.75, 3.05) is 26.8 Å². The molecule has 4 rings (SSSR count). The largest absolute Gasteiger partial charge is 0.387 e. The third-order valence-corrected chi connectivity index (χ3v) is 10.1. The minimum atomic E-state index is -0.599. The Bertz CT molecular complexity index is 619. The van der Waals surface area contributed by atoms with Gasteiger partial charge in [0.2, 0.25) is 5.91 Å². The van der Waals surface area contributed by atoms with Crippen LogP contribution >= 0.6 is 0 Å². The van der Waals surface area contributed by atoms with Gasteiger partial charge >= 0.3 is 0 Å². The number of hydrogen-bond donors (Lipinski definition) is 1. The van der Waals surface area contributed by atoms with Gasteiger partial charge < -0.3 is 14.7 Å². The molecule has 0 aliphatic heterocycles. The molecule has 0 aromatic rings. The number of fused-ring (bicyclic) bond motifs is 5. The number of rotatable bonds is 5. The third-order valence-electron chi connectivity index (χ3n) is 10.1. The lowest BCUT2D eigenvalue weighted by Crippen LogP contribution is -2.56. The molecule has 4 aliphatic carbocycles. The molecule has 0 aromatic carbocycles. The molecule has 4 aliphatic rings. The minimum Gasteiger partial charge on any atom is -0.387 e. The van der Waals surface area contributed by atoms with E-state index < -0.39 is 5.60 Å². The minimum absolute atomic E-state index is 0.192. The molecule has 0 radical (unpaired) electrons. The number of aliphatic hydroxyl groups is 1. The second kappa shape index (κ2) is 8.73. The van der Waals surface area contributed by atoms with Gasteiger partial charge in [-0.25, -0.2) is 0 Å². The predicted molar refractivity (Wildman–Crippen MR) is 120 cm³/mol. The summed E-state index contributed by atoms with van der Waals surface area (Å²) in [5, 5.41) is 11.0. The third kappa shape index (κ3) is 3.74. The lowest BCUT2D eigenvalue weighted by molar-refractivity contribution is -0.160. The molecule has 30 heavy (non-hydrogen) atoms. The van der Waals surface area contributed by atoms with E-state index >= 15 is 0 Å². The Hall–Kier alpha value is -0.610. The van der Waals surface area contributed by atoms with E-state index in [0.29, 0.717) is 18.4 Å². The summed E-state index contributed by atoms with van der Waals surface area (Å²) in [6.07, 6.45) is 11.7. The number of carbonyl (C=O) groups is 1. The monoisotopic (exact) mass is 419 g/mol. The van der Waals surface area contributed by atoms with Crippen LogP contribution in [-0.4, -0.2) is 48.3 Å². The van der Waals surface area contributed by atoms with Crippen molar-refractivity contribution in [1.82, 2.24) is 4.90 Å².